The van der Waals surface area contributed by atoms with Gasteiger partial charge in [0.25, 0.3) is 0 Å². The van der Waals surface area contributed by atoms with Gasteiger partial charge in [-0.25, -0.2) is 4.39 Å². The molecule has 0 amide bonds. The van der Waals surface area contributed by atoms with Crippen molar-refractivity contribution in [2.75, 3.05) is 5.73 Å². The summed E-state index contributed by atoms with van der Waals surface area (Å²) < 4.78 is 13.4. The van der Waals surface area contributed by atoms with Gasteiger partial charge in [0, 0.05) is 11.3 Å². The van der Waals surface area contributed by atoms with Gasteiger partial charge in [-0.2, -0.15) is 0 Å². The molecular formula is C8H6Br2FN. The van der Waals surface area contributed by atoms with Crippen LogP contribution in [0, 0.1) is 5.82 Å². The molecule has 0 fully saturated rings. The smallest absolute Gasteiger partial charge is 0.123 e. The lowest BCUT2D eigenvalue weighted by atomic mass is 10.2. The Bertz CT molecular complexity index is 319. The van der Waals surface area contributed by atoms with Gasteiger partial charge >= 0.3 is 0 Å². The maximum atomic E-state index is 12.7. The van der Waals surface area contributed by atoms with Crippen molar-refractivity contribution in [2.45, 2.75) is 0 Å². The summed E-state index contributed by atoms with van der Waals surface area (Å²) in [6.07, 6.45) is 1.69. The molecular weight excluding hydrogens is 289 g/mol. The fraction of sp³-hybridized carbons (Fsp3) is 0. The number of rotatable bonds is 1. The van der Waals surface area contributed by atoms with Gasteiger partial charge < -0.3 is 5.73 Å². The van der Waals surface area contributed by atoms with Crippen molar-refractivity contribution in [1.29, 1.82) is 0 Å². The zero-order valence-corrected chi connectivity index (χ0v) is 9.19. The molecule has 1 aromatic rings. The van der Waals surface area contributed by atoms with Gasteiger partial charge in [-0.15, -0.1) is 0 Å². The SMILES string of the molecule is Nc1ccc(F)cc1C=C(Br)Br. The minimum Gasteiger partial charge on any atom is -0.398 e. The van der Waals surface area contributed by atoms with Crippen LogP contribution in [0.5, 0.6) is 0 Å². The summed E-state index contributed by atoms with van der Waals surface area (Å²) in [6.45, 7) is 0. The number of benzene rings is 1. The number of nitrogens with two attached hydrogens (primary N) is 1. The van der Waals surface area contributed by atoms with Crippen LogP contribution >= 0.6 is 31.9 Å². The van der Waals surface area contributed by atoms with Crippen LogP contribution in [0.1, 0.15) is 5.56 Å². The van der Waals surface area contributed by atoms with E-state index in [4.69, 9.17) is 5.73 Å². The summed E-state index contributed by atoms with van der Waals surface area (Å²) in [6, 6.07) is 4.23. The summed E-state index contributed by atoms with van der Waals surface area (Å²) in [4.78, 5) is 0. The highest BCUT2D eigenvalue weighted by Gasteiger charge is 1.97. The standard InChI is InChI=1S/C8H6Br2FN/c9-8(10)4-5-3-6(11)1-2-7(5)12/h1-4H,12H2. The summed E-state index contributed by atoms with van der Waals surface area (Å²) in [7, 11) is 0. The molecule has 0 aliphatic carbocycles. The average molecular weight is 295 g/mol. The Kier molecular flexibility index (Phi) is 3.29. The molecule has 4 heteroatoms. The maximum absolute atomic E-state index is 12.7. The minimum atomic E-state index is -0.295. The van der Waals surface area contributed by atoms with Crippen molar-refractivity contribution < 1.29 is 4.39 Å². The zero-order valence-electron chi connectivity index (χ0n) is 6.02. The largest absolute Gasteiger partial charge is 0.398 e. The van der Waals surface area contributed by atoms with E-state index in [9.17, 15) is 4.39 Å². The molecule has 0 atom stereocenters. The number of hydrogen-bond acceptors (Lipinski definition) is 1. The minimum absolute atomic E-state index is 0.295. The van der Waals surface area contributed by atoms with Gasteiger partial charge in [-0.05, 0) is 56.1 Å². The first-order valence-corrected chi connectivity index (χ1v) is 4.76. The number of hydrogen-bond donors (Lipinski definition) is 1. The highest BCUT2D eigenvalue weighted by atomic mass is 79.9. The second-order valence-electron chi connectivity index (χ2n) is 2.21. The molecule has 0 saturated heterocycles. The number of halogens is 3. The second kappa shape index (κ2) is 4.05. The van der Waals surface area contributed by atoms with Crippen LogP contribution in [0.15, 0.2) is 21.6 Å². The van der Waals surface area contributed by atoms with Gasteiger partial charge in [0.15, 0.2) is 0 Å². The van der Waals surface area contributed by atoms with E-state index in [2.05, 4.69) is 31.9 Å². The third-order valence-electron chi connectivity index (χ3n) is 1.31. The van der Waals surface area contributed by atoms with Gasteiger partial charge in [-0.3, -0.25) is 0 Å². The van der Waals surface area contributed by atoms with E-state index < -0.39 is 0 Å². The molecule has 0 spiro atoms. The van der Waals surface area contributed by atoms with Gasteiger partial charge in [0.1, 0.15) is 5.82 Å². The van der Waals surface area contributed by atoms with Crippen LogP contribution in [-0.4, -0.2) is 0 Å². The van der Waals surface area contributed by atoms with Gasteiger partial charge in [0.05, 0.1) is 3.39 Å². The molecule has 0 aromatic heterocycles. The van der Waals surface area contributed by atoms with Crippen LogP contribution in [-0.2, 0) is 0 Å². The van der Waals surface area contributed by atoms with Crippen molar-refractivity contribution in [3.05, 3.63) is 33.0 Å². The van der Waals surface area contributed by atoms with Crippen LogP contribution in [0.4, 0.5) is 10.1 Å². The molecule has 1 nitrogen and oxygen atoms in total. The summed E-state index contributed by atoms with van der Waals surface area (Å²) in [5, 5.41) is 0. The molecule has 2 N–H and O–H groups in total. The van der Waals surface area contributed by atoms with E-state index >= 15 is 0 Å². The Morgan fingerprint density at radius 1 is 1.42 bits per heavy atom. The Balaban J connectivity index is 3.14. The Morgan fingerprint density at radius 2 is 2.08 bits per heavy atom. The molecule has 12 heavy (non-hydrogen) atoms. The molecule has 0 heterocycles. The third-order valence-corrected chi connectivity index (χ3v) is 1.77. The lowest BCUT2D eigenvalue weighted by Gasteiger charge is -1.99. The van der Waals surface area contributed by atoms with E-state index in [0.717, 1.165) is 3.39 Å². The maximum Gasteiger partial charge on any atom is 0.123 e. The molecule has 0 aliphatic heterocycles. The van der Waals surface area contributed by atoms with Crippen LogP contribution in [0.25, 0.3) is 6.08 Å². The van der Waals surface area contributed by atoms with Crippen molar-refractivity contribution in [3.8, 4) is 0 Å². The highest BCUT2D eigenvalue weighted by Crippen LogP contribution is 2.22. The number of nitrogen functional groups attached to an aromatic ring is 1. The first-order valence-electron chi connectivity index (χ1n) is 3.17. The summed E-state index contributed by atoms with van der Waals surface area (Å²) in [5.74, 6) is -0.295. The molecule has 0 saturated carbocycles. The van der Waals surface area contributed by atoms with Crippen molar-refractivity contribution in [2.24, 2.45) is 0 Å². The highest BCUT2D eigenvalue weighted by molar-refractivity contribution is 9.28. The lowest BCUT2D eigenvalue weighted by molar-refractivity contribution is 0.628. The average Bonchev–Trinajstić information content (AvgIpc) is 1.96. The second-order valence-corrected chi connectivity index (χ2v) is 4.98. The Hall–Kier alpha value is -0.350. The summed E-state index contributed by atoms with van der Waals surface area (Å²) in [5.41, 5.74) is 6.79. The quantitative estimate of drug-likeness (QED) is 0.788. The monoisotopic (exact) mass is 293 g/mol. The fourth-order valence-electron chi connectivity index (χ4n) is 0.788. The van der Waals surface area contributed by atoms with E-state index in [1.54, 1.807) is 6.08 Å². The molecule has 64 valence electrons. The molecule has 1 aromatic carbocycles. The van der Waals surface area contributed by atoms with Crippen molar-refractivity contribution in [1.82, 2.24) is 0 Å². The Morgan fingerprint density at radius 3 is 2.67 bits per heavy atom. The summed E-state index contributed by atoms with van der Waals surface area (Å²) >= 11 is 6.34. The van der Waals surface area contributed by atoms with E-state index in [-0.39, 0.29) is 5.82 Å². The van der Waals surface area contributed by atoms with Crippen molar-refractivity contribution in [3.63, 3.8) is 0 Å². The first-order chi connectivity index (χ1) is 5.59. The molecule has 0 unspecified atom stereocenters. The zero-order chi connectivity index (χ0) is 9.14. The third kappa shape index (κ3) is 2.60. The predicted molar refractivity (Wildman–Crippen MR) is 56.6 cm³/mol. The Labute approximate surface area is 86.7 Å². The van der Waals surface area contributed by atoms with Crippen LogP contribution < -0.4 is 5.73 Å². The van der Waals surface area contributed by atoms with Gasteiger partial charge in [-0.1, -0.05) is 0 Å². The van der Waals surface area contributed by atoms with Gasteiger partial charge in [0.2, 0.25) is 0 Å². The topological polar surface area (TPSA) is 26.0 Å². The fourth-order valence-corrected chi connectivity index (χ4v) is 1.28. The molecule has 0 bridgehead atoms. The predicted octanol–water partition coefficient (Wildman–Crippen LogP) is 3.50. The molecule has 1 rings (SSSR count). The van der Waals surface area contributed by atoms with Crippen LogP contribution in [0.2, 0.25) is 0 Å². The number of anilines is 1. The molecule has 0 radical (unpaired) electrons. The normalized spacial score (nSPS) is 9.58. The van der Waals surface area contributed by atoms with Crippen molar-refractivity contribution >= 4 is 43.6 Å². The van der Waals surface area contributed by atoms with E-state index in [0.29, 0.717) is 11.3 Å². The first kappa shape index (κ1) is 9.74. The van der Waals surface area contributed by atoms with E-state index in [1.807, 2.05) is 0 Å². The van der Waals surface area contributed by atoms with Crippen LogP contribution in [0.3, 0.4) is 0 Å². The lowest BCUT2D eigenvalue weighted by Crippen LogP contribution is -1.89. The molecule has 0 aliphatic rings. The van der Waals surface area contributed by atoms with E-state index in [1.165, 1.54) is 18.2 Å².